The van der Waals surface area contributed by atoms with Gasteiger partial charge in [0.25, 0.3) is 5.91 Å². The van der Waals surface area contributed by atoms with Gasteiger partial charge in [0.1, 0.15) is 10.7 Å². The maximum atomic E-state index is 12.3. The van der Waals surface area contributed by atoms with Gasteiger partial charge in [0.2, 0.25) is 0 Å². The van der Waals surface area contributed by atoms with Crippen LogP contribution in [0.1, 0.15) is 27.6 Å². The molecular formula is C18H22ClN5OS. The van der Waals surface area contributed by atoms with Crippen LogP contribution in [-0.2, 0) is 13.0 Å². The molecule has 3 aromatic rings. The summed E-state index contributed by atoms with van der Waals surface area (Å²) in [6.07, 6.45) is 1.69. The highest BCUT2D eigenvalue weighted by Gasteiger charge is 2.15. The molecule has 6 nitrogen and oxygen atoms in total. The van der Waals surface area contributed by atoms with Crippen molar-refractivity contribution in [3.63, 3.8) is 0 Å². The maximum Gasteiger partial charge on any atom is 0.273 e. The highest BCUT2D eigenvalue weighted by Crippen LogP contribution is 2.17. The molecule has 26 heavy (non-hydrogen) atoms. The van der Waals surface area contributed by atoms with E-state index in [2.05, 4.69) is 21.2 Å². The Morgan fingerprint density at radius 3 is 2.77 bits per heavy atom. The van der Waals surface area contributed by atoms with Crippen molar-refractivity contribution in [2.24, 2.45) is 5.73 Å². The van der Waals surface area contributed by atoms with E-state index < -0.39 is 0 Å². The van der Waals surface area contributed by atoms with Gasteiger partial charge in [0, 0.05) is 36.8 Å². The monoisotopic (exact) mass is 391 g/mol. The van der Waals surface area contributed by atoms with Gasteiger partial charge in [-0.25, -0.2) is 4.98 Å². The van der Waals surface area contributed by atoms with Gasteiger partial charge in [-0.2, -0.15) is 5.10 Å². The largest absolute Gasteiger partial charge is 0.340 e. The number of rotatable bonds is 7. The Hall–Kier alpha value is -2.22. The molecule has 0 fully saturated rings. The van der Waals surface area contributed by atoms with Gasteiger partial charge in [0.05, 0.1) is 5.69 Å². The average molecular weight is 392 g/mol. The number of carbonyl (C=O) groups excluding carboxylic acids is 1. The lowest BCUT2D eigenvalue weighted by Crippen LogP contribution is -2.28. The van der Waals surface area contributed by atoms with Crippen LogP contribution in [0, 0.1) is 0 Å². The van der Waals surface area contributed by atoms with Gasteiger partial charge in [-0.05, 0) is 18.9 Å². The number of nitrogens with one attached hydrogen (secondary N) is 1. The second-order valence-corrected chi connectivity index (χ2v) is 6.75. The Balaban J connectivity index is 0.00000243. The molecule has 8 heteroatoms. The third-order valence-corrected chi connectivity index (χ3v) is 4.80. The smallest absolute Gasteiger partial charge is 0.273 e. The van der Waals surface area contributed by atoms with Crippen molar-refractivity contribution in [2.45, 2.75) is 19.4 Å². The summed E-state index contributed by atoms with van der Waals surface area (Å²) in [6.45, 7) is 1.03. The molecule has 0 aliphatic heterocycles. The number of halogens is 1. The molecule has 0 saturated carbocycles. The first kappa shape index (κ1) is 20.1. The van der Waals surface area contributed by atoms with Crippen LogP contribution in [0.5, 0.6) is 0 Å². The lowest BCUT2D eigenvalue weighted by atomic mass is 10.1. The number of benzene rings is 1. The Morgan fingerprint density at radius 1 is 1.31 bits per heavy atom. The summed E-state index contributed by atoms with van der Waals surface area (Å²) >= 11 is 1.42. The number of nitrogens with zero attached hydrogens (tertiary/aromatic N) is 3. The molecule has 0 spiro atoms. The van der Waals surface area contributed by atoms with E-state index >= 15 is 0 Å². The number of amides is 1. The minimum atomic E-state index is -0.0643. The summed E-state index contributed by atoms with van der Waals surface area (Å²) < 4.78 is 0. The lowest BCUT2D eigenvalue weighted by molar-refractivity contribution is 0.0788. The molecule has 1 aromatic carbocycles. The van der Waals surface area contributed by atoms with Crippen molar-refractivity contribution in [1.29, 1.82) is 0 Å². The molecule has 2 heterocycles. The minimum absolute atomic E-state index is 0. The molecule has 0 atom stereocenters. The molecule has 3 rings (SSSR count). The summed E-state index contributed by atoms with van der Waals surface area (Å²) in [5.41, 5.74) is 9.12. The number of nitrogens with two attached hydrogens (primary N) is 1. The molecule has 3 N–H and O–H groups in total. The molecule has 0 radical (unpaired) electrons. The molecule has 0 aliphatic rings. The molecule has 0 saturated heterocycles. The summed E-state index contributed by atoms with van der Waals surface area (Å²) in [5, 5.41) is 9.97. The van der Waals surface area contributed by atoms with Crippen LogP contribution in [0.4, 0.5) is 0 Å². The van der Waals surface area contributed by atoms with Crippen LogP contribution < -0.4 is 5.73 Å². The Morgan fingerprint density at radius 2 is 2.08 bits per heavy atom. The van der Waals surface area contributed by atoms with E-state index in [0.717, 1.165) is 34.8 Å². The van der Waals surface area contributed by atoms with Gasteiger partial charge in [-0.15, -0.1) is 23.7 Å². The fourth-order valence-electron chi connectivity index (χ4n) is 2.55. The Kier molecular flexibility index (Phi) is 7.32. The topological polar surface area (TPSA) is 87.9 Å². The first-order valence-electron chi connectivity index (χ1n) is 8.17. The number of aryl methyl sites for hydroxylation is 1. The van der Waals surface area contributed by atoms with Crippen molar-refractivity contribution in [1.82, 2.24) is 20.1 Å². The summed E-state index contributed by atoms with van der Waals surface area (Å²) in [6, 6.07) is 12.1. The zero-order chi connectivity index (χ0) is 17.6. The minimum Gasteiger partial charge on any atom is -0.340 e. The highest BCUT2D eigenvalue weighted by atomic mass is 35.5. The van der Waals surface area contributed by atoms with Crippen LogP contribution in [0.25, 0.3) is 11.3 Å². The second-order valence-electron chi connectivity index (χ2n) is 5.81. The number of H-pyrrole nitrogens is 1. The van der Waals surface area contributed by atoms with Gasteiger partial charge in [-0.1, -0.05) is 30.3 Å². The van der Waals surface area contributed by atoms with Crippen LogP contribution >= 0.6 is 23.7 Å². The standard InChI is InChI=1S/C18H21N5OS.ClH/c1-23(18(24)16-12-25-17(11-19)20-16)9-5-8-14-10-15(22-21-14)13-6-3-2-4-7-13;/h2-4,6-7,10,12H,5,8-9,11,19H2,1H3,(H,21,22);1H. The molecule has 1 amide bonds. The Labute approximate surface area is 162 Å². The van der Waals surface area contributed by atoms with Gasteiger partial charge < -0.3 is 10.6 Å². The predicted molar refractivity (Wildman–Crippen MR) is 107 cm³/mol. The first-order chi connectivity index (χ1) is 12.2. The zero-order valence-corrected chi connectivity index (χ0v) is 16.1. The van der Waals surface area contributed by atoms with E-state index in [4.69, 9.17) is 5.73 Å². The second kappa shape index (κ2) is 9.47. The summed E-state index contributed by atoms with van der Waals surface area (Å²) in [4.78, 5) is 18.3. The number of aromatic amines is 1. The van der Waals surface area contributed by atoms with Gasteiger partial charge >= 0.3 is 0 Å². The number of hydrogen-bond acceptors (Lipinski definition) is 5. The fourth-order valence-corrected chi connectivity index (χ4v) is 3.20. The van der Waals surface area contributed by atoms with E-state index in [-0.39, 0.29) is 18.3 Å². The van der Waals surface area contributed by atoms with Gasteiger partial charge in [0.15, 0.2) is 0 Å². The van der Waals surface area contributed by atoms with E-state index in [1.807, 2.05) is 30.3 Å². The third kappa shape index (κ3) is 4.91. The SMILES string of the molecule is CN(CCCc1cc(-c2ccccc2)n[nH]1)C(=O)c1csc(CN)n1.Cl. The predicted octanol–water partition coefficient (Wildman–Crippen LogP) is 3.12. The van der Waals surface area contributed by atoms with Gasteiger partial charge in [-0.3, -0.25) is 9.89 Å². The zero-order valence-electron chi connectivity index (χ0n) is 14.5. The van der Waals surface area contributed by atoms with Crippen molar-refractivity contribution in [2.75, 3.05) is 13.6 Å². The quantitative estimate of drug-likeness (QED) is 0.647. The molecule has 0 bridgehead atoms. The molecular weight excluding hydrogens is 370 g/mol. The van der Waals surface area contributed by atoms with Crippen LogP contribution in [-0.4, -0.2) is 39.6 Å². The third-order valence-electron chi connectivity index (χ3n) is 3.93. The molecule has 138 valence electrons. The van der Waals surface area contributed by atoms with Crippen LogP contribution in [0.2, 0.25) is 0 Å². The van der Waals surface area contributed by atoms with Crippen molar-refractivity contribution in [3.8, 4) is 11.3 Å². The van der Waals surface area contributed by atoms with E-state index in [9.17, 15) is 4.79 Å². The first-order valence-corrected chi connectivity index (χ1v) is 9.05. The van der Waals surface area contributed by atoms with Crippen LogP contribution in [0.15, 0.2) is 41.8 Å². The number of carbonyl (C=O) groups is 1. The Bertz CT molecular complexity index is 833. The maximum absolute atomic E-state index is 12.3. The summed E-state index contributed by atoms with van der Waals surface area (Å²) in [7, 11) is 1.80. The highest BCUT2D eigenvalue weighted by molar-refractivity contribution is 7.09. The lowest BCUT2D eigenvalue weighted by Gasteiger charge is -2.15. The summed E-state index contributed by atoms with van der Waals surface area (Å²) in [5.74, 6) is -0.0643. The van der Waals surface area contributed by atoms with E-state index in [1.165, 1.54) is 11.3 Å². The van der Waals surface area contributed by atoms with Crippen molar-refractivity contribution in [3.05, 3.63) is 58.2 Å². The molecule has 0 unspecified atom stereocenters. The molecule has 0 aliphatic carbocycles. The van der Waals surface area contributed by atoms with E-state index in [0.29, 0.717) is 18.8 Å². The van der Waals surface area contributed by atoms with Crippen molar-refractivity contribution < 1.29 is 4.79 Å². The number of thiazole rings is 1. The number of hydrogen-bond donors (Lipinski definition) is 2. The normalized spacial score (nSPS) is 10.4. The average Bonchev–Trinajstić information content (AvgIpc) is 3.31. The fraction of sp³-hybridized carbons (Fsp3) is 0.278. The van der Waals surface area contributed by atoms with Crippen LogP contribution in [0.3, 0.4) is 0 Å². The van der Waals surface area contributed by atoms with E-state index in [1.54, 1.807) is 17.3 Å². The molecule has 2 aromatic heterocycles. The van der Waals surface area contributed by atoms with Crippen molar-refractivity contribution >= 4 is 29.7 Å². The number of aromatic nitrogens is 3.